The number of carbonyl (C=O) groups is 2. The van der Waals surface area contributed by atoms with Gasteiger partial charge >= 0.3 is 5.97 Å². The van der Waals surface area contributed by atoms with Gasteiger partial charge in [0.05, 0.1) is 17.9 Å². The first kappa shape index (κ1) is 18.8. The number of hydrogen-bond donors (Lipinski definition) is 1. The van der Waals surface area contributed by atoms with Crippen LogP contribution in [0.15, 0.2) is 48.5 Å². The van der Waals surface area contributed by atoms with Gasteiger partial charge in [0, 0.05) is 11.1 Å². The monoisotopic (exact) mass is 365 g/mol. The Labute approximate surface area is 144 Å². The van der Waals surface area contributed by atoms with Crippen LogP contribution in [0.2, 0.25) is 0 Å². The molecule has 2 rings (SSSR count). The first-order chi connectivity index (χ1) is 11.8. The zero-order valence-corrected chi connectivity index (χ0v) is 14.0. The van der Waals surface area contributed by atoms with Crippen LogP contribution in [0.4, 0.5) is 4.39 Å². The molecule has 2 N–H and O–H groups in total. The average molecular weight is 365 g/mol. The van der Waals surface area contributed by atoms with Gasteiger partial charge in [-0.2, -0.15) is 0 Å². The quantitative estimate of drug-likeness (QED) is 0.458. The maximum Gasteiger partial charge on any atom is 0.338 e. The first-order valence-corrected chi connectivity index (χ1v) is 9.06. The number of ketones is 1. The molecule has 0 unspecified atom stereocenters. The number of carbonyl (C=O) groups excluding carboxylic acids is 2. The number of ether oxygens (including phenoxy) is 1. The summed E-state index contributed by atoms with van der Waals surface area (Å²) in [4.78, 5) is 24.7. The summed E-state index contributed by atoms with van der Waals surface area (Å²) in [6.45, 7) is -0.145. The van der Waals surface area contributed by atoms with Crippen molar-refractivity contribution in [1.82, 2.24) is 0 Å². The Hall–Kier alpha value is -2.58. The molecule has 0 bridgehead atoms. The maximum absolute atomic E-state index is 13.0. The van der Waals surface area contributed by atoms with Gasteiger partial charge in [-0.3, -0.25) is 4.79 Å². The lowest BCUT2D eigenvalue weighted by Crippen LogP contribution is -2.19. The van der Waals surface area contributed by atoms with E-state index in [9.17, 15) is 22.4 Å². The van der Waals surface area contributed by atoms with Gasteiger partial charge in [-0.15, -0.1) is 0 Å². The molecule has 8 heteroatoms. The Morgan fingerprint density at radius 2 is 1.60 bits per heavy atom. The highest BCUT2D eigenvalue weighted by Gasteiger charge is 2.19. The van der Waals surface area contributed by atoms with Gasteiger partial charge in [-0.1, -0.05) is 18.2 Å². The summed E-state index contributed by atoms with van der Waals surface area (Å²) in [6, 6.07) is 11.0. The molecule has 0 aromatic heterocycles. The minimum Gasteiger partial charge on any atom is -0.462 e. The zero-order valence-electron chi connectivity index (χ0n) is 13.1. The molecule has 0 aliphatic carbocycles. The second kappa shape index (κ2) is 8.00. The summed E-state index contributed by atoms with van der Waals surface area (Å²) in [6.07, 6.45) is 0.0542. The predicted octanol–water partition coefficient (Wildman–Crippen LogP) is 1.89. The van der Waals surface area contributed by atoms with Crippen molar-refractivity contribution in [3.8, 4) is 0 Å². The summed E-state index contributed by atoms with van der Waals surface area (Å²) in [5.41, 5.74) is 0.397. The largest absolute Gasteiger partial charge is 0.462 e. The smallest absolute Gasteiger partial charge is 0.338 e. The third kappa shape index (κ3) is 5.47. The van der Waals surface area contributed by atoms with Crippen molar-refractivity contribution in [2.45, 2.75) is 6.42 Å². The molecular formula is C17H16FNO5S. The maximum atomic E-state index is 13.0. The average Bonchev–Trinajstić information content (AvgIpc) is 2.58. The molecule has 0 aliphatic rings. The van der Waals surface area contributed by atoms with Crippen molar-refractivity contribution < 1.29 is 27.1 Å². The van der Waals surface area contributed by atoms with Crippen LogP contribution in [0.5, 0.6) is 0 Å². The molecule has 2 aromatic rings. The number of benzene rings is 2. The minimum atomic E-state index is -3.62. The Bertz CT molecular complexity index is 878. The topological polar surface area (TPSA) is 104 Å². The van der Waals surface area contributed by atoms with Crippen molar-refractivity contribution >= 4 is 21.8 Å². The highest BCUT2D eigenvalue weighted by molar-refractivity contribution is 7.89. The molecule has 25 heavy (non-hydrogen) atoms. The van der Waals surface area contributed by atoms with Crippen LogP contribution >= 0.6 is 0 Å². The number of rotatable bonds is 7. The molecule has 0 atom stereocenters. The number of halogens is 1. The Morgan fingerprint density at radius 1 is 1.00 bits per heavy atom. The number of nitrogens with two attached hydrogens (primary N) is 1. The molecule has 0 fully saturated rings. The molecule has 132 valence electrons. The Kier molecular flexibility index (Phi) is 6.00. The van der Waals surface area contributed by atoms with Crippen molar-refractivity contribution in [2.24, 2.45) is 5.14 Å². The van der Waals surface area contributed by atoms with Gasteiger partial charge in [-0.05, 0) is 36.8 Å². The third-order valence-electron chi connectivity index (χ3n) is 3.30. The van der Waals surface area contributed by atoms with E-state index in [1.54, 1.807) is 12.1 Å². The molecule has 0 amide bonds. The van der Waals surface area contributed by atoms with Crippen molar-refractivity contribution in [2.75, 3.05) is 12.4 Å². The van der Waals surface area contributed by atoms with Crippen LogP contribution in [-0.4, -0.2) is 32.5 Å². The number of primary sulfonamides is 1. The lowest BCUT2D eigenvalue weighted by molar-refractivity contribution is 0.0503. The van der Waals surface area contributed by atoms with Gasteiger partial charge < -0.3 is 4.74 Å². The lowest BCUT2D eigenvalue weighted by atomic mass is 9.98. The number of hydrogen-bond acceptors (Lipinski definition) is 5. The highest BCUT2D eigenvalue weighted by Crippen LogP contribution is 2.16. The molecule has 6 nitrogen and oxygen atoms in total. The van der Waals surface area contributed by atoms with Gasteiger partial charge in [0.25, 0.3) is 0 Å². The zero-order chi connectivity index (χ0) is 18.4. The fourth-order valence-electron chi connectivity index (χ4n) is 2.12. The molecule has 0 heterocycles. The third-order valence-corrected chi connectivity index (χ3v) is 4.16. The minimum absolute atomic E-state index is 0.0485. The van der Waals surface area contributed by atoms with Gasteiger partial charge in [-0.25, -0.2) is 22.7 Å². The summed E-state index contributed by atoms with van der Waals surface area (Å²) >= 11 is 0. The van der Waals surface area contributed by atoms with Crippen LogP contribution < -0.4 is 5.14 Å². The number of sulfonamides is 1. The molecule has 0 aliphatic heterocycles. The predicted molar refractivity (Wildman–Crippen MR) is 89.1 cm³/mol. The Balaban J connectivity index is 2.13. The van der Waals surface area contributed by atoms with E-state index in [0.29, 0.717) is 0 Å². The van der Waals surface area contributed by atoms with Crippen LogP contribution in [-0.2, 0) is 14.8 Å². The first-order valence-electron chi connectivity index (χ1n) is 7.35. The van der Waals surface area contributed by atoms with Gasteiger partial charge in [0.1, 0.15) is 5.82 Å². The van der Waals surface area contributed by atoms with Crippen molar-refractivity contribution in [3.63, 3.8) is 0 Å². The van der Waals surface area contributed by atoms with E-state index in [1.165, 1.54) is 24.3 Å². The van der Waals surface area contributed by atoms with Crippen LogP contribution in [0.3, 0.4) is 0 Å². The van der Waals surface area contributed by atoms with Crippen LogP contribution in [0.1, 0.15) is 32.7 Å². The highest BCUT2D eigenvalue weighted by atomic mass is 32.2. The van der Waals surface area contributed by atoms with E-state index >= 15 is 0 Å². The second-order valence-corrected chi connectivity index (χ2v) is 6.97. The van der Waals surface area contributed by atoms with Crippen LogP contribution in [0, 0.1) is 5.82 Å². The lowest BCUT2D eigenvalue weighted by Gasteiger charge is -2.09. The van der Waals surface area contributed by atoms with E-state index in [-0.39, 0.29) is 35.5 Å². The van der Waals surface area contributed by atoms with Crippen LogP contribution in [0.25, 0.3) is 0 Å². The fourth-order valence-corrected chi connectivity index (χ4v) is 2.64. The van der Waals surface area contributed by atoms with Gasteiger partial charge in [0.2, 0.25) is 10.0 Å². The number of esters is 1. The Morgan fingerprint density at radius 3 is 2.20 bits per heavy atom. The molecule has 2 aromatic carbocycles. The van der Waals surface area contributed by atoms with E-state index in [1.807, 2.05) is 0 Å². The molecule has 0 saturated heterocycles. The normalized spacial score (nSPS) is 11.1. The van der Waals surface area contributed by atoms with E-state index in [2.05, 4.69) is 0 Å². The molecule has 0 saturated carbocycles. The summed E-state index contributed by atoms with van der Waals surface area (Å²) < 4.78 is 39.7. The molecule has 0 radical (unpaired) electrons. The summed E-state index contributed by atoms with van der Waals surface area (Å²) in [7, 11) is -3.62. The second-order valence-electron chi connectivity index (χ2n) is 5.24. The summed E-state index contributed by atoms with van der Waals surface area (Å²) in [5.74, 6) is -1.98. The standard InChI is InChI=1S/C17H16FNO5S/c18-13-8-6-12(7-9-13)16(20)14-4-1-2-5-15(14)17(21)24-10-3-11-25(19,22)23/h1-2,4-9H,3,10-11H2,(H2,19,22,23). The molecular weight excluding hydrogens is 349 g/mol. The molecule has 0 spiro atoms. The van der Waals surface area contributed by atoms with Crippen molar-refractivity contribution in [1.29, 1.82) is 0 Å². The van der Waals surface area contributed by atoms with E-state index in [0.717, 1.165) is 12.1 Å². The fraction of sp³-hybridized carbons (Fsp3) is 0.176. The SMILES string of the molecule is NS(=O)(=O)CCCOC(=O)c1ccccc1C(=O)c1ccc(F)cc1. The summed E-state index contributed by atoms with van der Waals surface area (Å²) in [5, 5.41) is 4.86. The van der Waals surface area contributed by atoms with E-state index in [4.69, 9.17) is 9.88 Å². The van der Waals surface area contributed by atoms with Crippen molar-refractivity contribution in [3.05, 3.63) is 71.0 Å². The van der Waals surface area contributed by atoms with E-state index < -0.39 is 27.6 Å². The van der Waals surface area contributed by atoms with Gasteiger partial charge in [0.15, 0.2) is 5.78 Å².